The molecule has 3 rings (SSSR count). The summed E-state index contributed by atoms with van der Waals surface area (Å²) in [4.78, 5) is 2.53. The third kappa shape index (κ3) is 2.31. The van der Waals surface area contributed by atoms with Crippen molar-refractivity contribution in [2.75, 3.05) is 4.90 Å². The zero-order valence-corrected chi connectivity index (χ0v) is 13.2. The second-order valence-electron chi connectivity index (χ2n) is 6.03. The average Bonchev–Trinajstić information content (AvgIpc) is 2.62. The van der Waals surface area contributed by atoms with Crippen LogP contribution in [0.15, 0.2) is 54.6 Å². The van der Waals surface area contributed by atoms with Crippen LogP contribution in [-0.2, 0) is 12.0 Å². The Labute approximate surface area is 128 Å². The third-order valence-corrected chi connectivity index (χ3v) is 4.62. The molecule has 0 bridgehead atoms. The number of benzene rings is 2. The van der Waals surface area contributed by atoms with Gasteiger partial charge in [-0.05, 0) is 24.1 Å². The molecule has 0 fully saturated rings. The highest BCUT2D eigenvalue weighted by atomic mass is 35.5. The minimum absolute atomic E-state index is 0. The average molecular weight is 288 g/mol. The van der Waals surface area contributed by atoms with Gasteiger partial charge in [0.05, 0.1) is 0 Å². The van der Waals surface area contributed by atoms with Crippen LogP contribution < -0.4 is 4.90 Å². The van der Waals surface area contributed by atoms with Crippen LogP contribution in [-0.4, -0.2) is 6.04 Å². The summed E-state index contributed by atoms with van der Waals surface area (Å²) in [5.74, 6) is 0. The third-order valence-electron chi connectivity index (χ3n) is 4.62. The summed E-state index contributed by atoms with van der Waals surface area (Å²) in [6.07, 6.45) is 0. The summed E-state index contributed by atoms with van der Waals surface area (Å²) in [7, 11) is 0. The van der Waals surface area contributed by atoms with E-state index < -0.39 is 0 Å². The molecule has 106 valence electrons. The fourth-order valence-corrected chi connectivity index (χ4v) is 3.09. The largest absolute Gasteiger partial charge is 0.363 e. The second-order valence-corrected chi connectivity index (χ2v) is 6.03. The lowest BCUT2D eigenvalue weighted by Crippen LogP contribution is -2.38. The maximum atomic E-state index is 2.53. The minimum atomic E-state index is 0. The fourth-order valence-electron chi connectivity index (χ4n) is 3.09. The summed E-state index contributed by atoms with van der Waals surface area (Å²) >= 11 is 0. The fraction of sp³-hybridized carbons (Fsp3) is 0.333. The lowest BCUT2D eigenvalue weighted by molar-refractivity contribution is 0.440. The van der Waals surface area contributed by atoms with Crippen molar-refractivity contribution in [1.29, 1.82) is 0 Å². The zero-order valence-electron chi connectivity index (χ0n) is 12.3. The summed E-state index contributed by atoms with van der Waals surface area (Å²) in [6.45, 7) is 8.02. The molecule has 1 aliphatic rings. The normalized spacial score (nSPS) is 19.4. The number of nitrogens with zero attached hydrogens (tertiary/aromatic N) is 1. The Morgan fingerprint density at radius 2 is 1.55 bits per heavy atom. The van der Waals surface area contributed by atoms with Crippen LogP contribution in [0.25, 0.3) is 0 Å². The van der Waals surface area contributed by atoms with Crippen molar-refractivity contribution in [3.05, 3.63) is 65.7 Å². The lowest BCUT2D eigenvalue weighted by Gasteiger charge is -2.31. The van der Waals surface area contributed by atoms with Crippen molar-refractivity contribution < 1.29 is 0 Å². The first-order valence-electron chi connectivity index (χ1n) is 7.01. The summed E-state index contributed by atoms with van der Waals surface area (Å²) in [5, 5.41) is 0. The maximum absolute atomic E-state index is 2.53. The first-order chi connectivity index (χ1) is 9.10. The number of para-hydroxylation sites is 1. The number of hydrogen-bond acceptors (Lipinski definition) is 1. The van der Waals surface area contributed by atoms with Gasteiger partial charge in [0.2, 0.25) is 0 Å². The highest BCUT2D eigenvalue weighted by Crippen LogP contribution is 2.45. The Balaban J connectivity index is 0.00000147. The van der Waals surface area contributed by atoms with Gasteiger partial charge < -0.3 is 4.90 Å². The molecule has 1 atom stereocenters. The van der Waals surface area contributed by atoms with Gasteiger partial charge >= 0.3 is 0 Å². The standard InChI is InChI=1S/C18H21N.ClH/c1-14-18(2,3)16-11-7-8-12-17(16)19(14)13-15-9-5-4-6-10-15;/h4-12,14H,13H2,1-3H3;1H. The molecule has 0 amide bonds. The Kier molecular flexibility index (Phi) is 4.10. The number of anilines is 1. The van der Waals surface area contributed by atoms with Crippen molar-refractivity contribution in [2.24, 2.45) is 0 Å². The monoisotopic (exact) mass is 287 g/mol. The first-order valence-corrected chi connectivity index (χ1v) is 7.01. The number of fused-ring (bicyclic) bond motifs is 1. The van der Waals surface area contributed by atoms with E-state index in [0.717, 1.165) is 6.54 Å². The van der Waals surface area contributed by atoms with E-state index in [9.17, 15) is 0 Å². The van der Waals surface area contributed by atoms with Gasteiger partial charge in [-0.25, -0.2) is 0 Å². The highest BCUT2D eigenvalue weighted by Gasteiger charge is 2.41. The molecule has 0 radical (unpaired) electrons. The number of hydrogen-bond donors (Lipinski definition) is 0. The van der Waals surface area contributed by atoms with E-state index >= 15 is 0 Å². The van der Waals surface area contributed by atoms with Gasteiger partial charge in [-0.15, -0.1) is 12.4 Å². The molecule has 20 heavy (non-hydrogen) atoms. The van der Waals surface area contributed by atoms with Crippen LogP contribution in [0.3, 0.4) is 0 Å². The molecule has 0 aromatic heterocycles. The first kappa shape index (κ1) is 14.9. The van der Waals surface area contributed by atoms with E-state index in [-0.39, 0.29) is 17.8 Å². The molecule has 0 saturated heterocycles. The Morgan fingerprint density at radius 3 is 2.25 bits per heavy atom. The molecule has 0 saturated carbocycles. The van der Waals surface area contributed by atoms with Crippen molar-refractivity contribution in [3.63, 3.8) is 0 Å². The zero-order chi connectivity index (χ0) is 13.5. The molecule has 2 aromatic carbocycles. The van der Waals surface area contributed by atoms with E-state index in [4.69, 9.17) is 0 Å². The molecule has 1 heterocycles. The second kappa shape index (κ2) is 5.49. The van der Waals surface area contributed by atoms with E-state index in [1.54, 1.807) is 0 Å². The van der Waals surface area contributed by atoms with Gasteiger partial charge in [-0.3, -0.25) is 0 Å². The van der Waals surface area contributed by atoms with E-state index in [1.807, 2.05) is 0 Å². The van der Waals surface area contributed by atoms with Crippen LogP contribution >= 0.6 is 12.4 Å². The molecule has 1 unspecified atom stereocenters. The predicted octanol–water partition coefficient (Wildman–Crippen LogP) is 4.79. The van der Waals surface area contributed by atoms with Crippen molar-refractivity contribution in [1.82, 2.24) is 0 Å². The molecular formula is C18H22ClN. The Bertz CT molecular complexity index is 577. The quantitative estimate of drug-likeness (QED) is 0.767. The predicted molar refractivity (Wildman–Crippen MR) is 88.8 cm³/mol. The molecule has 2 aromatic rings. The van der Waals surface area contributed by atoms with Crippen molar-refractivity contribution >= 4 is 18.1 Å². The van der Waals surface area contributed by atoms with Crippen LogP contribution in [0.4, 0.5) is 5.69 Å². The highest BCUT2D eigenvalue weighted by molar-refractivity contribution is 5.85. The summed E-state index contributed by atoms with van der Waals surface area (Å²) < 4.78 is 0. The minimum Gasteiger partial charge on any atom is -0.363 e. The number of rotatable bonds is 2. The number of halogens is 1. The van der Waals surface area contributed by atoms with Crippen LogP contribution in [0.1, 0.15) is 31.9 Å². The summed E-state index contributed by atoms with van der Waals surface area (Å²) in [6, 6.07) is 20.1. The SMILES string of the molecule is CC1N(Cc2ccccc2)c2ccccc2C1(C)C.Cl. The maximum Gasteiger partial charge on any atom is 0.0432 e. The Hall–Kier alpha value is -1.47. The van der Waals surface area contributed by atoms with Gasteiger partial charge in [-0.1, -0.05) is 62.4 Å². The van der Waals surface area contributed by atoms with E-state index in [0.29, 0.717) is 6.04 Å². The van der Waals surface area contributed by atoms with Gasteiger partial charge in [0.25, 0.3) is 0 Å². The lowest BCUT2D eigenvalue weighted by atomic mass is 9.81. The van der Waals surface area contributed by atoms with Gasteiger partial charge in [-0.2, -0.15) is 0 Å². The van der Waals surface area contributed by atoms with Crippen molar-refractivity contribution in [3.8, 4) is 0 Å². The van der Waals surface area contributed by atoms with Crippen LogP contribution in [0.5, 0.6) is 0 Å². The van der Waals surface area contributed by atoms with Crippen LogP contribution in [0, 0.1) is 0 Å². The molecule has 0 aliphatic carbocycles. The van der Waals surface area contributed by atoms with E-state index in [2.05, 4.69) is 80.3 Å². The van der Waals surface area contributed by atoms with Crippen molar-refractivity contribution in [2.45, 2.75) is 38.8 Å². The van der Waals surface area contributed by atoms with Gasteiger partial charge in [0.15, 0.2) is 0 Å². The smallest absolute Gasteiger partial charge is 0.0432 e. The molecular weight excluding hydrogens is 266 g/mol. The summed E-state index contributed by atoms with van der Waals surface area (Å²) in [5.41, 5.74) is 4.45. The molecule has 2 heteroatoms. The Morgan fingerprint density at radius 1 is 0.950 bits per heavy atom. The topological polar surface area (TPSA) is 3.24 Å². The molecule has 0 N–H and O–H groups in total. The molecule has 1 aliphatic heterocycles. The van der Waals surface area contributed by atoms with Gasteiger partial charge in [0.1, 0.15) is 0 Å². The molecule has 1 nitrogen and oxygen atoms in total. The van der Waals surface area contributed by atoms with E-state index in [1.165, 1.54) is 16.8 Å². The van der Waals surface area contributed by atoms with Crippen LogP contribution in [0.2, 0.25) is 0 Å². The van der Waals surface area contributed by atoms with Gasteiger partial charge in [0, 0.05) is 23.7 Å². The molecule has 0 spiro atoms.